The lowest BCUT2D eigenvalue weighted by Gasteiger charge is -2.17. The van der Waals surface area contributed by atoms with Gasteiger partial charge in [-0.2, -0.15) is 0 Å². The fourth-order valence-corrected chi connectivity index (χ4v) is 2.79. The molecule has 4 nitrogen and oxygen atoms in total. The highest BCUT2D eigenvalue weighted by atomic mass is 32.1. The van der Waals surface area contributed by atoms with E-state index >= 15 is 0 Å². The summed E-state index contributed by atoms with van der Waals surface area (Å²) in [5.41, 5.74) is 2.21. The average molecular weight is 343 g/mol. The molecule has 1 heterocycles. The number of amides is 1. The maximum atomic E-state index is 12.0. The summed E-state index contributed by atoms with van der Waals surface area (Å²) in [7, 11) is 0. The lowest BCUT2D eigenvalue weighted by molar-refractivity contribution is -0.144. The van der Waals surface area contributed by atoms with Crippen molar-refractivity contribution in [2.45, 2.75) is 26.3 Å². The summed E-state index contributed by atoms with van der Waals surface area (Å²) >= 11 is 1.53. The molecule has 24 heavy (non-hydrogen) atoms. The molecule has 0 unspecified atom stereocenters. The first-order chi connectivity index (χ1) is 11.6. The van der Waals surface area contributed by atoms with Crippen molar-refractivity contribution in [1.82, 2.24) is 5.32 Å². The van der Waals surface area contributed by atoms with Crippen LogP contribution in [0.3, 0.4) is 0 Å². The van der Waals surface area contributed by atoms with Crippen LogP contribution in [0.1, 0.15) is 35.4 Å². The maximum absolute atomic E-state index is 12.0. The van der Waals surface area contributed by atoms with Crippen LogP contribution in [0.5, 0.6) is 0 Å². The number of ether oxygens (including phenoxy) is 1. The molecule has 0 aliphatic heterocycles. The van der Waals surface area contributed by atoms with Gasteiger partial charge in [-0.25, -0.2) is 4.79 Å². The molecule has 1 aromatic heterocycles. The zero-order valence-electron chi connectivity index (χ0n) is 13.8. The number of hydrogen-bond acceptors (Lipinski definition) is 4. The van der Waals surface area contributed by atoms with Crippen LogP contribution in [-0.4, -0.2) is 18.5 Å². The molecule has 0 aliphatic rings. The molecule has 0 bridgehead atoms. The van der Waals surface area contributed by atoms with Crippen LogP contribution in [0, 0.1) is 6.92 Å². The minimum atomic E-state index is -0.526. The van der Waals surface area contributed by atoms with Gasteiger partial charge in [-0.15, -0.1) is 11.3 Å². The zero-order valence-corrected chi connectivity index (χ0v) is 14.6. The molecule has 1 aromatic carbocycles. The minimum Gasteiger partial charge on any atom is -0.452 e. The van der Waals surface area contributed by atoms with E-state index in [1.807, 2.05) is 55.6 Å². The van der Waals surface area contributed by atoms with Gasteiger partial charge in [0.2, 0.25) is 0 Å². The van der Waals surface area contributed by atoms with E-state index in [0.29, 0.717) is 0 Å². The zero-order chi connectivity index (χ0) is 17.4. The molecule has 126 valence electrons. The number of carbonyl (C=O) groups excluding carboxylic acids is 2. The number of benzene rings is 1. The number of rotatable bonds is 7. The summed E-state index contributed by atoms with van der Waals surface area (Å²) in [5.74, 6) is -0.831. The van der Waals surface area contributed by atoms with E-state index < -0.39 is 5.97 Å². The molecule has 0 fully saturated rings. The Labute approximate surface area is 146 Å². The van der Waals surface area contributed by atoms with Crippen LogP contribution < -0.4 is 5.32 Å². The van der Waals surface area contributed by atoms with Crippen molar-refractivity contribution in [3.05, 3.63) is 63.9 Å². The highest BCUT2D eigenvalue weighted by Crippen LogP contribution is 2.17. The Kier molecular flexibility index (Phi) is 6.75. The van der Waals surface area contributed by atoms with Gasteiger partial charge in [-0.1, -0.05) is 42.8 Å². The van der Waals surface area contributed by atoms with E-state index in [4.69, 9.17) is 4.74 Å². The molecule has 0 radical (unpaired) electrons. The third kappa shape index (κ3) is 5.66. The van der Waals surface area contributed by atoms with E-state index in [0.717, 1.165) is 16.9 Å². The van der Waals surface area contributed by atoms with E-state index in [1.54, 1.807) is 6.08 Å². The van der Waals surface area contributed by atoms with Crippen LogP contribution in [0.25, 0.3) is 6.08 Å². The SMILES string of the molecule is CC[C@H](NC(=O)COC(=O)/C=C/c1cccs1)c1ccc(C)cc1. The molecule has 2 rings (SSSR count). The molecule has 2 aromatic rings. The van der Waals surface area contributed by atoms with Crippen LogP contribution in [0.15, 0.2) is 47.9 Å². The molecular weight excluding hydrogens is 322 g/mol. The van der Waals surface area contributed by atoms with Gasteiger partial charge in [0.05, 0.1) is 6.04 Å². The smallest absolute Gasteiger partial charge is 0.331 e. The molecule has 1 N–H and O–H groups in total. The van der Waals surface area contributed by atoms with E-state index in [9.17, 15) is 9.59 Å². The first-order valence-electron chi connectivity index (χ1n) is 7.82. The number of aryl methyl sites for hydroxylation is 1. The van der Waals surface area contributed by atoms with Crippen molar-refractivity contribution >= 4 is 29.3 Å². The van der Waals surface area contributed by atoms with Gasteiger partial charge >= 0.3 is 5.97 Å². The second-order valence-electron chi connectivity index (χ2n) is 5.40. The standard InChI is InChI=1S/C19H21NO3S/c1-3-17(15-8-6-14(2)7-9-15)20-18(21)13-23-19(22)11-10-16-5-4-12-24-16/h4-12,17H,3,13H2,1-2H3,(H,20,21)/b11-10+/t17-/m0/s1. The number of carbonyl (C=O) groups is 2. The molecule has 0 spiro atoms. The Hall–Kier alpha value is -2.40. The molecule has 0 saturated heterocycles. The fourth-order valence-electron chi connectivity index (χ4n) is 2.18. The number of hydrogen-bond donors (Lipinski definition) is 1. The fraction of sp³-hybridized carbons (Fsp3) is 0.263. The topological polar surface area (TPSA) is 55.4 Å². The van der Waals surface area contributed by atoms with Gasteiger partial charge in [-0.3, -0.25) is 4.79 Å². The molecule has 5 heteroatoms. The largest absolute Gasteiger partial charge is 0.452 e. The Morgan fingerprint density at radius 3 is 2.62 bits per heavy atom. The lowest BCUT2D eigenvalue weighted by Crippen LogP contribution is -2.32. The quantitative estimate of drug-likeness (QED) is 0.613. The third-order valence-electron chi connectivity index (χ3n) is 3.50. The Balaban J connectivity index is 1.81. The molecule has 1 atom stereocenters. The van der Waals surface area contributed by atoms with Gasteiger partial charge in [-0.05, 0) is 36.4 Å². The Bertz CT molecular complexity index is 690. The summed E-state index contributed by atoms with van der Waals surface area (Å²) in [5, 5.41) is 4.81. The van der Waals surface area contributed by atoms with Crippen LogP contribution >= 0.6 is 11.3 Å². The Morgan fingerprint density at radius 1 is 1.25 bits per heavy atom. The van der Waals surface area contributed by atoms with Gasteiger partial charge in [0.1, 0.15) is 0 Å². The van der Waals surface area contributed by atoms with Gasteiger partial charge in [0.25, 0.3) is 5.91 Å². The van der Waals surface area contributed by atoms with Crippen molar-refractivity contribution in [3.63, 3.8) is 0 Å². The van der Waals surface area contributed by atoms with E-state index in [2.05, 4.69) is 5.32 Å². The lowest BCUT2D eigenvalue weighted by atomic mass is 10.0. The summed E-state index contributed by atoms with van der Waals surface area (Å²) in [6.07, 6.45) is 3.77. The second-order valence-corrected chi connectivity index (χ2v) is 6.37. The average Bonchev–Trinajstić information content (AvgIpc) is 3.10. The van der Waals surface area contributed by atoms with Crippen LogP contribution in [0.2, 0.25) is 0 Å². The third-order valence-corrected chi connectivity index (χ3v) is 4.33. The van der Waals surface area contributed by atoms with Crippen molar-refractivity contribution < 1.29 is 14.3 Å². The molecule has 0 saturated carbocycles. The van der Waals surface area contributed by atoms with Gasteiger partial charge in [0, 0.05) is 11.0 Å². The van der Waals surface area contributed by atoms with E-state index in [-0.39, 0.29) is 18.6 Å². The van der Waals surface area contributed by atoms with Crippen molar-refractivity contribution in [2.75, 3.05) is 6.61 Å². The monoisotopic (exact) mass is 343 g/mol. The maximum Gasteiger partial charge on any atom is 0.331 e. The summed E-state index contributed by atoms with van der Waals surface area (Å²) in [4.78, 5) is 24.6. The van der Waals surface area contributed by atoms with Crippen molar-refractivity contribution in [3.8, 4) is 0 Å². The summed E-state index contributed by atoms with van der Waals surface area (Å²) < 4.78 is 4.97. The van der Waals surface area contributed by atoms with Gasteiger partial charge in [0.15, 0.2) is 6.61 Å². The molecule has 1 amide bonds. The highest BCUT2D eigenvalue weighted by molar-refractivity contribution is 7.10. The van der Waals surface area contributed by atoms with Crippen LogP contribution in [-0.2, 0) is 14.3 Å². The van der Waals surface area contributed by atoms with Crippen molar-refractivity contribution in [1.29, 1.82) is 0 Å². The predicted molar refractivity (Wildman–Crippen MR) is 96.7 cm³/mol. The van der Waals surface area contributed by atoms with Crippen LogP contribution in [0.4, 0.5) is 0 Å². The first-order valence-corrected chi connectivity index (χ1v) is 8.70. The normalized spacial score (nSPS) is 12.1. The first kappa shape index (κ1) is 17.9. The minimum absolute atomic E-state index is 0.0848. The number of nitrogens with one attached hydrogen (secondary N) is 1. The summed E-state index contributed by atoms with van der Waals surface area (Å²) in [6, 6.07) is 11.7. The summed E-state index contributed by atoms with van der Waals surface area (Å²) in [6.45, 7) is 3.74. The number of esters is 1. The number of thiophene rings is 1. The predicted octanol–water partition coefficient (Wildman–Crippen LogP) is 3.88. The van der Waals surface area contributed by atoms with Gasteiger partial charge < -0.3 is 10.1 Å². The highest BCUT2D eigenvalue weighted by Gasteiger charge is 2.13. The molecular formula is C19H21NO3S. The second kappa shape index (κ2) is 9.03. The van der Waals surface area contributed by atoms with Crippen molar-refractivity contribution in [2.24, 2.45) is 0 Å². The Morgan fingerprint density at radius 2 is 2.00 bits per heavy atom. The van der Waals surface area contributed by atoms with E-state index in [1.165, 1.54) is 23.0 Å². The molecule has 0 aliphatic carbocycles.